The minimum absolute atomic E-state index is 0.417. The number of primary amides is 1. The van der Waals surface area contributed by atoms with Gasteiger partial charge in [-0.05, 0) is 67.6 Å². The number of benzene rings is 3. The van der Waals surface area contributed by atoms with E-state index >= 15 is 0 Å². The molecule has 0 saturated carbocycles. The number of carbonyl (C=O) groups excluding carboxylic acids is 1. The fraction of sp³-hybridized carbons (Fsp3) is 0.0870. The van der Waals surface area contributed by atoms with Crippen LogP contribution in [0.5, 0.6) is 11.5 Å². The van der Waals surface area contributed by atoms with Gasteiger partial charge in [-0.1, -0.05) is 41.6 Å². The molecule has 4 aromatic rings. The number of nitrogens with two attached hydrogens (primary N) is 1. The van der Waals surface area contributed by atoms with Gasteiger partial charge in [0.1, 0.15) is 11.5 Å². The first kappa shape index (κ1) is 21.0. The van der Waals surface area contributed by atoms with E-state index < -0.39 is 11.2 Å². The van der Waals surface area contributed by atoms with E-state index in [0.29, 0.717) is 21.8 Å². The van der Waals surface area contributed by atoms with Crippen molar-refractivity contribution in [3.05, 3.63) is 83.9 Å². The van der Waals surface area contributed by atoms with Crippen molar-refractivity contribution in [3.63, 3.8) is 0 Å². The maximum absolute atomic E-state index is 11.6. The van der Waals surface area contributed by atoms with Crippen molar-refractivity contribution in [2.45, 2.75) is 17.3 Å². The number of amides is 1. The number of ether oxygens (including phenoxy) is 1. The Labute approximate surface area is 189 Å². The standard InChI is InChI=1S/C23H19ClN4O2S/c1-15(21(25)29)31-23-27-26-22(16-7-9-17(24)10-8-16)28(23)18-11-13-20(14-12-18)30-19-5-3-2-4-6-19/h2-15H,1H3,(H2,25,29). The Morgan fingerprint density at radius 3 is 2.26 bits per heavy atom. The highest BCUT2D eigenvalue weighted by atomic mass is 35.5. The Balaban J connectivity index is 1.71. The SMILES string of the molecule is CC(Sc1nnc(-c2ccc(Cl)cc2)n1-c1ccc(Oc2ccccc2)cc1)C(N)=O. The highest BCUT2D eigenvalue weighted by molar-refractivity contribution is 8.00. The molecule has 156 valence electrons. The normalized spacial score (nSPS) is 11.8. The maximum Gasteiger partial charge on any atom is 0.230 e. The number of para-hydroxylation sites is 1. The zero-order chi connectivity index (χ0) is 21.8. The third kappa shape index (κ3) is 4.90. The van der Waals surface area contributed by atoms with Crippen LogP contribution >= 0.6 is 23.4 Å². The van der Waals surface area contributed by atoms with Crippen LogP contribution < -0.4 is 10.5 Å². The molecule has 1 unspecified atom stereocenters. The van der Waals surface area contributed by atoms with Gasteiger partial charge in [0, 0.05) is 16.3 Å². The van der Waals surface area contributed by atoms with E-state index in [9.17, 15) is 4.79 Å². The second-order valence-electron chi connectivity index (χ2n) is 6.72. The molecule has 0 spiro atoms. The quantitative estimate of drug-likeness (QED) is 0.384. The first-order chi connectivity index (χ1) is 15.0. The number of carbonyl (C=O) groups is 1. The summed E-state index contributed by atoms with van der Waals surface area (Å²) in [7, 11) is 0. The van der Waals surface area contributed by atoms with Gasteiger partial charge in [0.25, 0.3) is 0 Å². The molecule has 4 rings (SSSR count). The molecule has 1 atom stereocenters. The third-order valence-electron chi connectivity index (χ3n) is 4.49. The molecule has 31 heavy (non-hydrogen) atoms. The lowest BCUT2D eigenvalue weighted by molar-refractivity contribution is -0.117. The number of rotatable bonds is 7. The van der Waals surface area contributed by atoms with Crippen LogP contribution in [0.4, 0.5) is 0 Å². The van der Waals surface area contributed by atoms with E-state index in [1.165, 1.54) is 11.8 Å². The Bertz CT molecular complexity index is 1180. The second-order valence-corrected chi connectivity index (χ2v) is 8.46. The lowest BCUT2D eigenvalue weighted by Gasteiger charge is -2.13. The molecule has 0 saturated heterocycles. The van der Waals surface area contributed by atoms with E-state index in [-0.39, 0.29) is 0 Å². The summed E-state index contributed by atoms with van der Waals surface area (Å²) in [6.07, 6.45) is 0. The van der Waals surface area contributed by atoms with Crippen LogP contribution in [0.3, 0.4) is 0 Å². The summed E-state index contributed by atoms with van der Waals surface area (Å²) in [5.41, 5.74) is 7.13. The largest absolute Gasteiger partial charge is 0.457 e. The number of hydrogen-bond donors (Lipinski definition) is 1. The summed E-state index contributed by atoms with van der Waals surface area (Å²) in [6, 6.07) is 24.5. The van der Waals surface area contributed by atoms with E-state index in [1.807, 2.05) is 71.3 Å². The topological polar surface area (TPSA) is 83.0 Å². The predicted molar refractivity (Wildman–Crippen MR) is 123 cm³/mol. The van der Waals surface area contributed by atoms with E-state index in [0.717, 1.165) is 17.0 Å². The molecule has 0 aliphatic heterocycles. The van der Waals surface area contributed by atoms with Crippen LogP contribution in [-0.2, 0) is 4.79 Å². The summed E-state index contributed by atoms with van der Waals surface area (Å²) >= 11 is 7.29. The Morgan fingerprint density at radius 1 is 0.968 bits per heavy atom. The third-order valence-corrected chi connectivity index (χ3v) is 5.81. The van der Waals surface area contributed by atoms with Crippen molar-refractivity contribution in [2.75, 3.05) is 0 Å². The van der Waals surface area contributed by atoms with E-state index in [2.05, 4.69) is 10.2 Å². The van der Waals surface area contributed by atoms with Gasteiger partial charge in [-0.15, -0.1) is 10.2 Å². The highest BCUT2D eigenvalue weighted by Gasteiger charge is 2.20. The molecule has 0 radical (unpaired) electrons. The van der Waals surface area contributed by atoms with Gasteiger partial charge in [-0.3, -0.25) is 9.36 Å². The van der Waals surface area contributed by atoms with Gasteiger partial charge in [-0.2, -0.15) is 0 Å². The van der Waals surface area contributed by atoms with Crippen molar-refractivity contribution < 1.29 is 9.53 Å². The minimum Gasteiger partial charge on any atom is -0.457 e. The van der Waals surface area contributed by atoms with Gasteiger partial charge >= 0.3 is 0 Å². The zero-order valence-corrected chi connectivity index (χ0v) is 18.2. The van der Waals surface area contributed by atoms with Crippen molar-refractivity contribution in [3.8, 4) is 28.6 Å². The number of thioether (sulfide) groups is 1. The van der Waals surface area contributed by atoms with Crippen molar-refractivity contribution >= 4 is 29.3 Å². The van der Waals surface area contributed by atoms with E-state index in [4.69, 9.17) is 22.1 Å². The van der Waals surface area contributed by atoms with Crippen LogP contribution in [0.15, 0.2) is 84.0 Å². The Morgan fingerprint density at radius 2 is 1.61 bits per heavy atom. The van der Waals surface area contributed by atoms with Crippen molar-refractivity contribution in [1.82, 2.24) is 14.8 Å². The van der Waals surface area contributed by atoms with Gasteiger partial charge in [0.15, 0.2) is 11.0 Å². The van der Waals surface area contributed by atoms with Gasteiger partial charge < -0.3 is 10.5 Å². The average molecular weight is 451 g/mol. The second kappa shape index (κ2) is 9.24. The molecule has 1 heterocycles. The average Bonchev–Trinajstić information content (AvgIpc) is 3.19. The lowest BCUT2D eigenvalue weighted by atomic mass is 10.2. The number of halogens is 1. The first-order valence-electron chi connectivity index (χ1n) is 9.52. The number of nitrogens with zero attached hydrogens (tertiary/aromatic N) is 3. The first-order valence-corrected chi connectivity index (χ1v) is 10.8. The minimum atomic E-state index is -0.457. The molecule has 3 aromatic carbocycles. The molecule has 0 bridgehead atoms. The fourth-order valence-electron chi connectivity index (χ4n) is 2.87. The van der Waals surface area contributed by atoms with Crippen LogP contribution in [0.2, 0.25) is 5.02 Å². The zero-order valence-electron chi connectivity index (χ0n) is 16.6. The monoisotopic (exact) mass is 450 g/mol. The molecule has 0 aliphatic carbocycles. The van der Waals surface area contributed by atoms with Gasteiger partial charge in [0.2, 0.25) is 5.91 Å². The summed E-state index contributed by atoms with van der Waals surface area (Å²) in [5.74, 6) is 1.68. The van der Waals surface area contributed by atoms with Gasteiger partial charge in [-0.25, -0.2) is 0 Å². The summed E-state index contributed by atoms with van der Waals surface area (Å²) in [4.78, 5) is 11.6. The molecule has 2 N–H and O–H groups in total. The smallest absolute Gasteiger partial charge is 0.230 e. The lowest BCUT2D eigenvalue weighted by Crippen LogP contribution is -2.23. The van der Waals surface area contributed by atoms with Gasteiger partial charge in [0.05, 0.1) is 5.25 Å². The Kier molecular flexibility index (Phi) is 6.25. The van der Waals surface area contributed by atoms with Crippen LogP contribution in [-0.4, -0.2) is 25.9 Å². The van der Waals surface area contributed by atoms with Crippen LogP contribution in [0.1, 0.15) is 6.92 Å². The molecule has 1 aromatic heterocycles. The van der Waals surface area contributed by atoms with Crippen LogP contribution in [0, 0.1) is 0 Å². The molecular formula is C23H19ClN4O2S. The summed E-state index contributed by atoms with van der Waals surface area (Å²) < 4.78 is 7.77. The predicted octanol–water partition coefficient (Wildman–Crippen LogP) is 5.35. The fourth-order valence-corrected chi connectivity index (χ4v) is 3.81. The Hall–Kier alpha value is -3.29. The molecular weight excluding hydrogens is 432 g/mol. The van der Waals surface area contributed by atoms with Crippen molar-refractivity contribution in [1.29, 1.82) is 0 Å². The van der Waals surface area contributed by atoms with Crippen LogP contribution in [0.25, 0.3) is 17.1 Å². The number of hydrogen-bond acceptors (Lipinski definition) is 5. The molecule has 0 aliphatic rings. The summed E-state index contributed by atoms with van der Waals surface area (Å²) in [5, 5.41) is 9.41. The molecule has 8 heteroatoms. The maximum atomic E-state index is 11.6. The number of aromatic nitrogens is 3. The highest BCUT2D eigenvalue weighted by Crippen LogP contribution is 2.31. The summed E-state index contributed by atoms with van der Waals surface area (Å²) in [6.45, 7) is 1.74. The van der Waals surface area contributed by atoms with E-state index in [1.54, 1.807) is 19.1 Å². The molecule has 1 amide bonds. The molecule has 6 nitrogen and oxygen atoms in total. The van der Waals surface area contributed by atoms with Crippen molar-refractivity contribution in [2.24, 2.45) is 5.73 Å². The molecule has 0 fully saturated rings.